The summed E-state index contributed by atoms with van der Waals surface area (Å²) in [5.74, 6) is -0.348. The van der Waals surface area contributed by atoms with Gasteiger partial charge in [-0.3, -0.25) is 9.59 Å². The molecule has 1 aromatic heterocycles. The Morgan fingerprint density at radius 3 is 2.18 bits per heavy atom. The highest BCUT2D eigenvalue weighted by Crippen LogP contribution is 2.32. The van der Waals surface area contributed by atoms with Gasteiger partial charge >= 0.3 is 0 Å². The molecule has 0 saturated heterocycles. The van der Waals surface area contributed by atoms with Crippen molar-refractivity contribution in [2.24, 2.45) is 5.92 Å². The van der Waals surface area contributed by atoms with Crippen molar-refractivity contribution in [2.75, 3.05) is 31.4 Å². The van der Waals surface area contributed by atoms with Gasteiger partial charge in [0.15, 0.2) is 17.2 Å². The van der Waals surface area contributed by atoms with Crippen molar-refractivity contribution in [3.8, 4) is 17.2 Å². The maximum Gasteiger partial charge on any atom is 0.264 e. The highest BCUT2D eigenvalue weighted by Gasteiger charge is 2.26. The van der Waals surface area contributed by atoms with Crippen molar-refractivity contribution in [3.63, 3.8) is 0 Å². The van der Waals surface area contributed by atoms with Crippen LogP contribution in [0.15, 0.2) is 72.1 Å². The highest BCUT2D eigenvalue weighted by molar-refractivity contribution is 7.92. The quantitative estimate of drug-likeness (QED) is 0.167. The van der Waals surface area contributed by atoms with E-state index in [4.69, 9.17) is 14.2 Å². The Kier molecular flexibility index (Phi) is 11.9. The number of aliphatic hydroxyl groups is 1. The molecule has 0 radical (unpaired) electrons. The molecule has 13 nitrogen and oxygen atoms in total. The first-order valence-electron chi connectivity index (χ1n) is 13.7. The third kappa shape index (κ3) is 9.33. The second-order valence-electron chi connectivity index (χ2n) is 9.76. The summed E-state index contributed by atoms with van der Waals surface area (Å²) >= 11 is 0. The number of anilines is 2. The molecule has 0 aliphatic carbocycles. The minimum Gasteiger partial charge on any atom is -0.513 e. The summed E-state index contributed by atoms with van der Waals surface area (Å²) in [6.45, 7) is 5.47. The van der Waals surface area contributed by atoms with E-state index in [1.807, 2.05) is 6.92 Å². The number of carbonyl (C=O) groups is 2. The van der Waals surface area contributed by atoms with Crippen molar-refractivity contribution in [1.82, 2.24) is 15.3 Å². The van der Waals surface area contributed by atoms with Crippen molar-refractivity contribution < 1.29 is 37.3 Å². The van der Waals surface area contributed by atoms with Crippen LogP contribution in [-0.2, 0) is 19.6 Å². The SMILES string of the molecule is C=C(O)CC(NC(=O)C(CCC)CC(=O)Nc1ccc(S(=O)(=O)Nc2ncc(OC)cn2)cc1)c1ccc(OC)c(OC)c1. The summed E-state index contributed by atoms with van der Waals surface area (Å²) in [4.78, 5) is 34.0. The summed E-state index contributed by atoms with van der Waals surface area (Å²) in [5, 5.41) is 15.6. The fourth-order valence-corrected chi connectivity index (χ4v) is 5.29. The molecule has 0 fully saturated rings. The second-order valence-corrected chi connectivity index (χ2v) is 11.4. The number of hydrogen-bond acceptors (Lipinski definition) is 10. The molecule has 0 saturated carbocycles. The van der Waals surface area contributed by atoms with Crippen molar-refractivity contribution in [3.05, 3.63) is 72.8 Å². The smallest absolute Gasteiger partial charge is 0.264 e. The number of sulfonamides is 1. The lowest BCUT2D eigenvalue weighted by Crippen LogP contribution is -2.36. The number of amides is 2. The molecule has 236 valence electrons. The van der Waals surface area contributed by atoms with Gasteiger partial charge in [-0.1, -0.05) is 26.0 Å². The van der Waals surface area contributed by atoms with E-state index in [9.17, 15) is 23.1 Å². The average Bonchev–Trinajstić information content (AvgIpc) is 3.00. The van der Waals surface area contributed by atoms with E-state index in [0.29, 0.717) is 41.3 Å². The number of hydrogen-bond donors (Lipinski definition) is 4. The number of nitrogens with one attached hydrogen (secondary N) is 3. The summed E-state index contributed by atoms with van der Waals surface area (Å²) in [6, 6.07) is 10.1. The molecule has 3 rings (SSSR count). The number of aromatic nitrogens is 2. The molecule has 2 atom stereocenters. The topological polar surface area (TPSA) is 178 Å². The molecule has 4 N–H and O–H groups in total. The molecule has 44 heavy (non-hydrogen) atoms. The van der Waals surface area contributed by atoms with Gasteiger partial charge < -0.3 is 30.0 Å². The minimum atomic E-state index is -3.99. The van der Waals surface area contributed by atoms with Crippen molar-refractivity contribution >= 4 is 33.5 Å². The normalized spacial score (nSPS) is 12.4. The Morgan fingerprint density at radius 1 is 0.955 bits per heavy atom. The zero-order valence-electron chi connectivity index (χ0n) is 25.0. The average molecular weight is 628 g/mol. The van der Waals surface area contributed by atoms with Crippen LogP contribution in [0, 0.1) is 5.92 Å². The monoisotopic (exact) mass is 627 g/mol. The van der Waals surface area contributed by atoms with E-state index in [1.54, 1.807) is 18.2 Å². The predicted octanol–water partition coefficient (Wildman–Crippen LogP) is 4.37. The van der Waals surface area contributed by atoms with E-state index in [1.165, 1.54) is 58.0 Å². The van der Waals surface area contributed by atoms with Crippen LogP contribution in [0.1, 0.15) is 44.2 Å². The number of methoxy groups -OCH3 is 3. The zero-order chi connectivity index (χ0) is 32.3. The van der Waals surface area contributed by atoms with E-state index in [0.717, 1.165) is 0 Å². The summed E-state index contributed by atoms with van der Waals surface area (Å²) in [7, 11) is 0.463. The van der Waals surface area contributed by atoms with Crippen LogP contribution in [0.5, 0.6) is 17.2 Å². The first-order valence-corrected chi connectivity index (χ1v) is 15.2. The van der Waals surface area contributed by atoms with Gasteiger partial charge in [0, 0.05) is 24.4 Å². The molecule has 2 aromatic carbocycles. The van der Waals surface area contributed by atoms with Gasteiger partial charge in [-0.15, -0.1) is 0 Å². The molecule has 2 unspecified atom stereocenters. The Labute approximate surface area is 256 Å². The van der Waals surface area contributed by atoms with Gasteiger partial charge in [-0.05, 0) is 48.4 Å². The van der Waals surface area contributed by atoms with Crippen LogP contribution >= 0.6 is 0 Å². The maximum atomic E-state index is 13.4. The molecule has 0 aliphatic heterocycles. The minimum absolute atomic E-state index is 0.0565. The van der Waals surface area contributed by atoms with Gasteiger partial charge in [0.1, 0.15) is 0 Å². The molecule has 14 heteroatoms. The van der Waals surface area contributed by atoms with E-state index >= 15 is 0 Å². The number of benzene rings is 2. The first-order chi connectivity index (χ1) is 21.0. The number of aliphatic hydroxyl groups excluding tert-OH is 1. The van der Waals surface area contributed by atoms with E-state index in [2.05, 4.69) is 31.9 Å². The van der Waals surface area contributed by atoms with Gasteiger partial charge in [0.2, 0.25) is 17.8 Å². The molecule has 0 spiro atoms. The number of carbonyl (C=O) groups excluding carboxylic acids is 2. The van der Waals surface area contributed by atoms with Crippen LogP contribution in [0.4, 0.5) is 11.6 Å². The molecule has 0 aliphatic rings. The fraction of sp³-hybridized carbons (Fsp3) is 0.333. The standard InChI is InChI=1S/C30H37N5O8S/c1-6-7-21(29(38)34-25(14-19(2)36)20-8-13-26(42-4)27(15-20)43-5)16-28(37)33-22-9-11-24(12-10-22)44(39,40)35-30-31-17-23(41-3)18-32-30/h8-13,15,17-18,21,25,36H,2,6-7,14,16H2,1,3-5H3,(H,33,37)(H,34,38)(H,31,32,35). The Bertz CT molecular complexity index is 1550. The lowest BCUT2D eigenvalue weighted by atomic mass is 9.96. The largest absolute Gasteiger partial charge is 0.513 e. The Morgan fingerprint density at radius 2 is 1.61 bits per heavy atom. The summed E-state index contributed by atoms with van der Waals surface area (Å²) in [6.07, 6.45) is 3.69. The summed E-state index contributed by atoms with van der Waals surface area (Å²) in [5.41, 5.74) is 1.01. The van der Waals surface area contributed by atoms with E-state index in [-0.39, 0.29) is 35.4 Å². The van der Waals surface area contributed by atoms with Crippen molar-refractivity contribution in [1.29, 1.82) is 0 Å². The lowest BCUT2D eigenvalue weighted by molar-refractivity contribution is -0.129. The molecule has 1 heterocycles. The Balaban J connectivity index is 1.67. The number of ether oxygens (including phenoxy) is 3. The first kappa shape index (κ1) is 33.6. The highest BCUT2D eigenvalue weighted by atomic mass is 32.2. The third-order valence-electron chi connectivity index (χ3n) is 6.54. The fourth-order valence-electron chi connectivity index (χ4n) is 4.33. The Hall–Kier alpha value is -4.85. The van der Waals surface area contributed by atoms with Crippen molar-refractivity contribution in [2.45, 2.75) is 43.5 Å². The molecular formula is C30H37N5O8S. The van der Waals surface area contributed by atoms with Crippen LogP contribution in [-0.4, -0.2) is 56.6 Å². The molecule has 0 bridgehead atoms. The lowest BCUT2D eigenvalue weighted by Gasteiger charge is -2.23. The molecule has 2 amide bonds. The van der Waals surface area contributed by atoms with E-state index < -0.39 is 27.9 Å². The molecular weight excluding hydrogens is 590 g/mol. The number of nitrogens with zero attached hydrogens (tertiary/aromatic N) is 2. The van der Waals surface area contributed by atoms with Crippen LogP contribution in [0.2, 0.25) is 0 Å². The number of rotatable bonds is 16. The third-order valence-corrected chi connectivity index (χ3v) is 7.89. The summed E-state index contributed by atoms with van der Waals surface area (Å²) < 4.78 is 43.3. The van der Waals surface area contributed by atoms with Gasteiger partial charge in [-0.2, -0.15) is 0 Å². The second kappa shape index (κ2) is 15.6. The zero-order valence-corrected chi connectivity index (χ0v) is 25.8. The predicted molar refractivity (Wildman–Crippen MR) is 164 cm³/mol. The molecule has 3 aromatic rings. The van der Waals surface area contributed by atoms with Gasteiger partial charge in [0.25, 0.3) is 10.0 Å². The van der Waals surface area contributed by atoms with Crippen LogP contribution < -0.4 is 29.6 Å². The van der Waals surface area contributed by atoms with Crippen LogP contribution in [0.25, 0.3) is 0 Å². The van der Waals surface area contributed by atoms with Gasteiger partial charge in [-0.25, -0.2) is 23.1 Å². The maximum absolute atomic E-state index is 13.4. The van der Waals surface area contributed by atoms with Gasteiger partial charge in [0.05, 0.1) is 50.4 Å². The van der Waals surface area contributed by atoms with Crippen LogP contribution in [0.3, 0.4) is 0 Å².